The minimum Gasteiger partial charge on any atom is -0.465 e. The molecule has 0 fully saturated rings. The average Bonchev–Trinajstić information content (AvgIpc) is 2.24. The van der Waals surface area contributed by atoms with E-state index < -0.39 is 5.97 Å². The van der Waals surface area contributed by atoms with Crippen molar-refractivity contribution in [2.45, 2.75) is 6.61 Å². The molecule has 2 N–H and O–H groups in total. The van der Waals surface area contributed by atoms with Gasteiger partial charge in [0.2, 0.25) is 0 Å². The van der Waals surface area contributed by atoms with Crippen LogP contribution in [0.25, 0.3) is 0 Å². The number of anilines is 1. The number of benzene rings is 1. The van der Waals surface area contributed by atoms with Crippen molar-refractivity contribution in [2.75, 3.05) is 20.0 Å². The fourth-order valence-corrected chi connectivity index (χ4v) is 1.16. The summed E-state index contributed by atoms with van der Waals surface area (Å²) in [5.74, 6) is -0.430. The highest BCUT2D eigenvalue weighted by atomic mass is 17.2. The molecule has 0 aromatic heterocycles. The maximum absolute atomic E-state index is 11.2. The van der Waals surface area contributed by atoms with E-state index >= 15 is 0 Å². The minimum absolute atomic E-state index is 0.228. The summed E-state index contributed by atoms with van der Waals surface area (Å²) in [5, 5.41) is 0. The standard InChI is InChI=1S/C10H13NO4/c1-13-10(12)8-3-7(6-15-14-2)4-9(11)5-8/h3-5H,6,11H2,1-2H3. The van der Waals surface area contributed by atoms with E-state index in [-0.39, 0.29) is 6.61 Å². The lowest BCUT2D eigenvalue weighted by molar-refractivity contribution is -0.282. The summed E-state index contributed by atoms with van der Waals surface area (Å²) < 4.78 is 4.58. The van der Waals surface area contributed by atoms with Crippen molar-refractivity contribution in [3.05, 3.63) is 29.3 Å². The smallest absolute Gasteiger partial charge is 0.337 e. The highest BCUT2D eigenvalue weighted by molar-refractivity contribution is 5.90. The fraction of sp³-hybridized carbons (Fsp3) is 0.300. The van der Waals surface area contributed by atoms with Gasteiger partial charge in [0, 0.05) is 5.69 Å². The van der Waals surface area contributed by atoms with Crippen LogP contribution in [-0.4, -0.2) is 20.2 Å². The summed E-state index contributed by atoms with van der Waals surface area (Å²) >= 11 is 0. The number of nitrogen functional groups attached to an aromatic ring is 1. The number of esters is 1. The Labute approximate surface area is 87.7 Å². The summed E-state index contributed by atoms with van der Waals surface area (Å²) in [6, 6.07) is 4.88. The van der Waals surface area contributed by atoms with E-state index in [2.05, 4.69) is 9.62 Å². The van der Waals surface area contributed by atoms with Crippen molar-refractivity contribution in [2.24, 2.45) is 0 Å². The molecule has 15 heavy (non-hydrogen) atoms. The quantitative estimate of drug-likeness (QED) is 0.350. The van der Waals surface area contributed by atoms with Gasteiger partial charge in [-0.25, -0.2) is 14.6 Å². The number of hydrogen-bond donors (Lipinski definition) is 1. The SMILES string of the molecule is COOCc1cc(N)cc(C(=O)OC)c1. The molecule has 0 unspecified atom stereocenters. The fourth-order valence-electron chi connectivity index (χ4n) is 1.16. The van der Waals surface area contributed by atoms with Crippen LogP contribution in [0.4, 0.5) is 5.69 Å². The zero-order chi connectivity index (χ0) is 11.3. The topological polar surface area (TPSA) is 70.8 Å². The number of rotatable bonds is 4. The van der Waals surface area contributed by atoms with E-state index in [1.54, 1.807) is 18.2 Å². The van der Waals surface area contributed by atoms with Gasteiger partial charge >= 0.3 is 5.97 Å². The molecule has 0 amide bonds. The van der Waals surface area contributed by atoms with Gasteiger partial charge < -0.3 is 10.5 Å². The van der Waals surface area contributed by atoms with Crippen molar-refractivity contribution in [1.82, 2.24) is 0 Å². The van der Waals surface area contributed by atoms with Gasteiger partial charge in [-0.2, -0.15) is 0 Å². The second kappa shape index (κ2) is 5.33. The first kappa shape index (κ1) is 11.5. The Kier molecular flexibility index (Phi) is 4.08. The maximum atomic E-state index is 11.2. The lowest BCUT2D eigenvalue weighted by Gasteiger charge is -2.05. The Morgan fingerprint density at radius 2 is 2.07 bits per heavy atom. The number of hydrogen-bond acceptors (Lipinski definition) is 5. The summed E-state index contributed by atoms with van der Waals surface area (Å²) in [4.78, 5) is 20.4. The molecule has 0 saturated carbocycles. The maximum Gasteiger partial charge on any atom is 0.337 e. The van der Waals surface area contributed by atoms with E-state index in [4.69, 9.17) is 10.6 Å². The number of carbonyl (C=O) groups excluding carboxylic acids is 1. The number of nitrogens with two attached hydrogens (primary N) is 1. The predicted octanol–water partition coefficient (Wildman–Crippen LogP) is 1.13. The molecule has 0 aliphatic rings. The van der Waals surface area contributed by atoms with E-state index in [9.17, 15) is 4.79 Å². The molecule has 0 bridgehead atoms. The molecular formula is C10H13NO4. The van der Waals surface area contributed by atoms with Gasteiger partial charge in [-0.15, -0.1) is 0 Å². The summed E-state index contributed by atoms with van der Waals surface area (Å²) in [7, 11) is 2.73. The first-order valence-corrected chi connectivity index (χ1v) is 4.30. The Morgan fingerprint density at radius 3 is 2.67 bits per heavy atom. The summed E-state index contributed by atoms with van der Waals surface area (Å²) in [5.41, 5.74) is 7.24. The third-order valence-corrected chi connectivity index (χ3v) is 1.78. The van der Waals surface area contributed by atoms with Crippen LogP contribution >= 0.6 is 0 Å². The van der Waals surface area contributed by atoms with Crippen LogP contribution in [0.3, 0.4) is 0 Å². The van der Waals surface area contributed by atoms with Crippen molar-refractivity contribution in [1.29, 1.82) is 0 Å². The summed E-state index contributed by atoms with van der Waals surface area (Å²) in [6.45, 7) is 0.228. The second-order valence-electron chi connectivity index (χ2n) is 2.88. The molecule has 1 rings (SSSR count). The van der Waals surface area contributed by atoms with Crippen LogP contribution in [0, 0.1) is 0 Å². The molecule has 82 valence electrons. The molecule has 0 aliphatic carbocycles. The van der Waals surface area contributed by atoms with E-state index in [0.717, 1.165) is 5.56 Å². The minimum atomic E-state index is -0.430. The van der Waals surface area contributed by atoms with Crippen molar-refractivity contribution >= 4 is 11.7 Å². The average molecular weight is 211 g/mol. The first-order valence-electron chi connectivity index (χ1n) is 4.30. The molecule has 1 aromatic carbocycles. The number of ether oxygens (including phenoxy) is 1. The van der Waals surface area contributed by atoms with Crippen LogP contribution in [0.15, 0.2) is 18.2 Å². The Bertz CT molecular complexity index is 351. The van der Waals surface area contributed by atoms with Gasteiger partial charge in [-0.3, -0.25) is 0 Å². The van der Waals surface area contributed by atoms with Gasteiger partial charge in [0.15, 0.2) is 0 Å². The van der Waals surface area contributed by atoms with Crippen molar-refractivity contribution in [3.63, 3.8) is 0 Å². The summed E-state index contributed by atoms with van der Waals surface area (Å²) in [6.07, 6.45) is 0. The third-order valence-electron chi connectivity index (χ3n) is 1.78. The molecule has 0 atom stereocenters. The Morgan fingerprint density at radius 1 is 1.33 bits per heavy atom. The molecule has 1 aromatic rings. The largest absolute Gasteiger partial charge is 0.465 e. The highest BCUT2D eigenvalue weighted by Gasteiger charge is 2.07. The third kappa shape index (κ3) is 3.23. The molecule has 0 saturated heterocycles. The zero-order valence-electron chi connectivity index (χ0n) is 8.65. The zero-order valence-corrected chi connectivity index (χ0v) is 8.65. The normalized spacial score (nSPS) is 10.0. The molecular weight excluding hydrogens is 198 g/mol. The molecule has 0 radical (unpaired) electrons. The van der Waals surface area contributed by atoms with E-state index in [1.807, 2.05) is 0 Å². The van der Waals surface area contributed by atoms with Crippen LogP contribution in [0.2, 0.25) is 0 Å². The van der Waals surface area contributed by atoms with E-state index in [0.29, 0.717) is 11.3 Å². The highest BCUT2D eigenvalue weighted by Crippen LogP contribution is 2.14. The molecule has 5 heteroatoms. The van der Waals surface area contributed by atoms with E-state index in [1.165, 1.54) is 14.2 Å². The van der Waals surface area contributed by atoms with Gasteiger partial charge in [-0.05, 0) is 23.8 Å². The van der Waals surface area contributed by atoms with Crippen LogP contribution in [0.1, 0.15) is 15.9 Å². The number of carbonyl (C=O) groups is 1. The molecule has 0 spiro atoms. The Balaban J connectivity index is 2.89. The second-order valence-corrected chi connectivity index (χ2v) is 2.88. The van der Waals surface area contributed by atoms with Gasteiger partial charge in [-0.1, -0.05) is 0 Å². The van der Waals surface area contributed by atoms with Crippen molar-refractivity contribution in [3.8, 4) is 0 Å². The predicted molar refractivity (Wildman–Crippen MR) is 54.0 cm³/mol. The first-order chi connectivity index (χ1) is 7.17. The van der Waals surface area contributed by atoms with Crippen LogP contribution < -0.4 is 5.73 Å². The Hall–Kier alpha value is -1.59. The van der Waals surface area contributed by atoms with Gasteiger partial charge in [0.25, 0.3) is 0 Å². The lowest BCUT2D eigenvalue weighted by Crippen LogP contribution is -2.04. The monoisotopic (exact) mass is 211 g/mol. The van der Waals surface area contributed by atoms with Crippen LogP contribution in [-0.2, 0) is 21.1 Å². The van der Waals surface area contributed by atoms with Gasteiger partial charge in [0.05, 0.1) is 19.8 Å². The molecule has 5 nitrogen and oxygen atoms in total. The van der Waals surface area contributed by atoms with Crippen molar-refractivity contribution < 1.29 is 19.3 Å². The van der Waals surface area contributed by atoms with Crippen LogP contribution in [0.5, 0.6) is 0 Å². The lowest BCUT2D eigenvalue weighted by atomic mass is 10.1. The molecule has 0 heterocycles. The molecule has 0 aliphatic heterocycles. The van der Waals surface area contributed by atoms with Gasteiger partial charge in [0.1, 0.15) is 6.61 Å². The number of methoxy groups -OCH3 is 1.